The van der Waals surface area contributed by atoms with Gasteiger partial charge in [0.2, 0.25) is 0 Å². The maximum Gasteiger partial charge on any atom is 0.134 e. The van der Waals surface area contributed by atoms with Crippen molar-refractivity contribution in [2.45, 2.75) is 19.4 Å². The van der Waals surface area contributed by atoms with Crippen LogP contribution in [0.2, 0.25) is 5.02 Å². The quantitative estimate of drug-likeness (QED) is 0.736. The van der Waals surface area contributed by atoms with Gasteiger partial charge in [-0.25, -0.2) is 4.39 Å². The minimum Gasteiger partial charge on any atom is -0.506 e. The van der Waals surface area contributed by atoms with Gasteiger partial charge in [-0.2, -0.15) is 0 Å². The van der Waals surface area contributed by atoms with E-state index < -0.39 is 11.4 Å². The average Bonchev–Trinajstić information content (AvgIpc) is 1.95. The summed E-state index contributed by atoms with van der Waals surface area (Å²) in [4.78, 5) is 0. The van der Waals surface area contributed by atoms with Crippen molar-refractivity contribution < 1.29 is 9.50 Å². The topological polar surface area (TPSA) is 46.2 Å². The summed E-state index contributed by atoms with van der Waals surface area (Å²) in [6.45, 7) is 3.24. The van der Waals surface area contributed by atoms with Crippen LogP contribution in [0.15, 0.2) is 12.1 Å². The Morgan fingerprint density at radius 3 is 2.38 bits per heavy atom. The van der Waals surface area contributed by atoms with Crippen molar-refractivity contribution in [3.8, 4) is 5.75 Å². The Labute approximate surface area is 81.1 Å². The first kappa shape index (κ1) is 10.3. The van der Waals surface area contributed by atoms with E-state index in [9.17, 15) is 9.50 Å². The second-order valence-electron chi connectivity index (χ2n) is 3.48. The fraction of sp³-hybridized carbons (Fsp3) is 0.333. The Kier molecular flexibility index (Phi) is 2.50. The summed E-state index contributed by atoms with van der Waals surface area (Å²) in [5.41, 5.74) is 4.92. The Bertz CT molecular complexity index is 333. The molecule has 0 saturated carbocycles. The van der Waals surface area contributed by atoms with Gasteiger partial charge in [0.15, 0.2) is 0 Å². The number of rotatable bonds is 1. The first-order valence-electron chi connectivity index (χ1n) is 3.80. The van der Waals surface area contributed by atoms with Crippen molar-refractivity contribution in [3.05, 3.63) is 28.5 Å². The lowest BCUT2D eigenvalue weighted by Crippen LogP contribution is -2.30. The Morgan fingerprint density at radius 2 is 2.00 bits per heavy atom. The molecule has 1 rings (SSSR count). The smallest absolute Gasteiger partial charge is 0.134 e. The van der Waals surface area contributed by atoms with Gasteiger partial charge < -0.3 is 10.8 Å². The van der Waals surface area contributed by atoms with Gasteiger partial charge in [-0.3, -0.25) is 0 Å². The molecule has 0 bridgehead atoms. The first-order chi connectivity index (χ1) is 5.84. The summed E-state index contributed by atoms with van der Waals surface area (Å²) in [6.07, 6.45) is 0. The van der Waals surface area contributed by atoms with Gasteiger partial charge in [-0.1, -0.05) is 11.6 Å². The SMILES string of the molecule is CC(C)(N)c1c(F)ccc(O)c1Cl. The number of phenolic OH excluding ortho intramolecular Hbond substituents is 1. The van der Waals surface area contributed by atoms with Crippen LogP contribution in [-0.4, -0.2) is 5.11 Å². The van der Waals surface area contributed by atoms with E-state index in [4.69, 9.17) is 17.3 Å². The van der Waals surface area contributed by atoms with E-state index >= 15 is 0 Å². The molecular formula is C9H11ClFNO. The molecular weight excluding hydrogens is 193 g/mol. The molecule has 0 atom stereocenters. The Balaban J connectivity index is 3.43. The molecule has 0 heterocycles. The molecule has 0 aromatic heterocycles. The second kappa shape index (κ2) is 3.16. The molecule has 13 heavy (non-hydrogen) atoms. The normalized spacial score (nSPS) is 11.8. The molecule has 0 spiro atoms. The molecule has 0 fully saturated rings. The van der Waals surface area contributed by atoms with Crippen LogP contribution in [0.25, 0.3) is 0 Å². The minimum absolute atomic E-state index is 0.0208. The van der Waals surface area contributed by atoms with E-state index in [1.54, 1.807) is 13.8 Å². The van der Waals surface area contributed by atoms with Gasteiger partial charge in [0.05, 0.1) is 5.02 Å². The zero-order valence-corrected chi connectivity index (χ0v) is 8.19. The standard InChI is InChI=1S/C9H11ClFNO/c1-9(2,12)7-5(11)3-4-6(13)8(7)10/h3-4,13H,12H2,1-2H3. The summed E-state index contributed by atoms with van der Waals surface area (Å²) in [5.74, 6) is -0.660. The predicted octanol–water partition coefficient (Wildman–Crippen LogP) is 2.38. The fourth-order valence-corrected chi connectivity index (χ4v) is 1.53. The lowest BCUT2D eigenvalue weighted by molar-refractivity contribution is 0.458. The summed E-state index contributed by atoms with van der Waals surface area (Å²) in [7, 11) is 0. The Morgan fingerprint density at radius 1 is 1.46 bits per heavy atom. The van der Waals surface area contributed by atoms with E-state index in [1.807, 2.05) is 0 Å². The molecule has 0 saturated heterocycles. The molecule has 0 aliphatic heterocycles. The third-order valence-corrected chi connectivity index (χ3v) is 2.10. The van der Waals surface area contributed by atoms with Crippen LogP contribution in [0.1, 0.15) is 19.4 Å². The molecule has 0 unspecified atom stereocenters. The van der Waals surface area contributed by atoms with Crippen LogP contribution in [0.4, 0.5) is 4.39 Å². The van der Waals surface area contributed by atoms with Gasteiger partial charge in [0.1, 0.15) is 11.6 Å². The number of hydrogen-bond acceptors (Lipinski definition) is 2. The minimum atomic E-state index is -0.903. The average molecular weight is 204 g/mol. The van der Waals surface area contributed by atoms with E-state index in [-0.39, 0.29) is 16.3 Å². The molecule has 3 N–H and O–H groups in total. The van der Waals surface area contributed by atoms with Crippen molar-refractivity contribution in [2.75, 3.05) is 0 Å². The molecule has 0 amide bonds. The van der Waals surface area contributed by atoms with Crippen LogP contribution in [0.5, 0.6) is 5.75 Å². The van der Waals surface area contributed by atoms with Crippen molar-refractivity contribution in [1.29, 1.82) is 0 Å². The largest absolute Gasteiger partial charge is 0.506 e. The highest BCUT2D eigenvalue weighted by molar-refractivity contribution is 6.32. The lowest BCUT2D eigenvalue weighted by Gasteiger charge is -2.21. The molecule has 1 aromatic carbocycles. The van der Waals surface area contributed by atoms with Gasteiger partial charge in [0, 0.05) is 11.1 Å². The monoisotopic (exact) mass is 203 g/mol. The lowest BCUT2D eigenvalue weighted by atomic mass is 9.95. The fourth-order valence-electron chi connectivity index (χ4n) is 1.13. The van der Waals surface area contributed by atoms with Gasteiger partial charge in [-0.15, -0.1) is 0 Å². The van der Waals surface area contributed by atoms with Crippen LogP contribution in [-0.2, 0) is 5.54 Å². The molecule has 1 aromatic rings. The van der Waals surface area contributed by atoms with Crippen LogP contribution in [0, 0.1) is 5.82 Å². The Hall–Kier alpha value is -0.800. The maximum atomic E-state index is 13.3. The highest BCUT2D eigenvalue weighted by Gasteiger charge is 2.24. The van der Waals surface area contributed by atoms with E-state index in [1.165, 1.54) is 6.07 Å². The third-order valence-electron chi connectivity index (χ3n) is 1.72. The molecule has 0 radical (unpaired) electrons. The van der Waals surface area contributed by atoms with Crippen molar-refractivity contribution >= 4 is 11.6 Å². The summed E-state index contributed by atoms with van der Waals surface area (Å²) in [6, 6.07) is 2.35. The van der Waals surface area contributed by atoms with Crippen molar-refractivity contribution in [3.63, 3.8) is 0 Å². The molecule has 0 aliphatic rings. The maximum absolute atomic E-state index is 13.3. The highest BCUT2D eigenvalue weighted by atomic mass is 35.5. The predicted molar refractivity (Wildman–Crippen MR) is 50.3 cm³/mol. The van der Waals surface area contributed by atoms with E-state index in [2.05, 4.69) is 0 Å². The van der Waals surface area contributed by atoms with Gasteiger partial charge in [-0.05, 0) is 26.0 Å². The highest BCUT2D eigenvalue weighted by Crippen LogP contribution is 2.34. The first-order valence-corrected chi connectivity index (χ1v) is 4.18. The number of halogens is 2. The number of phenols is 1. The zero-order valence-electron chi connectivity index (χ0n) is 7.44. The van der Waals surface area contributed by atoms with Crippen LogP contribution in [0.3, 0.4) is 0 Å². The van der Waals surface area contributed by atoms with Crippen LogP contribution >= 0.6 is 11.6 Å². The molecule has 0 aliphatic carbocycles. The number of benzene rings is 1. The van der Waals surface area contributed by atoms with Gasteiger partial charge >= 0.3 is 0 Å². The number of nitrogens with two attached hydrogens (primary N) is 1. The van der Waals surface area contributed by atoms with Gasteiger partial charge in [0.25, 0.3) is 0 Å². The molecule has 4 heteroatoms. The van der Waals surface area contributed by atoms with E-state index in [0.29, 0.717) is 0 Å². The summed E-state index contributed by atoms with van der Waals surface area (Å²) in [5, 5.41) is 9.21. The summed E-state index contributed by atoms with van der Waals surface area (Å²) >= 11 is 5.71. The molecule has 72 valence electrons. The summed E-state index contributed by atoms with van der Waals surface area (Å²) < 4.78 is 13.3. The van der Waals surface area contributed by atoms with Crippen LogP contribution < -0.4 is 5.73 Å². The second-order valence-corrected chi connectivity index (χ2v) is 3.86. The van der Waals surface area contributed by atoms with Crippen molar-refractivity contribution in [2.24, 2.45) is 5.73 Å². The number of hydrogen-bond donors (Lipinski definition) is 2. The van der Waals surface area contributed by atoms with E-state index in [0.717, 1.165) is 6.07 Å². The molecule has 2 nitrogen and oxygen atoms in total. The number of aromatic hydroxyl groups is 1. The third kappa shape index (κ3) is 1.92. The van der Waals surface area contributed by atoms with Crippen molar-refractivity contribution in [1.82, 2.24) is 0 Å². The zero-order chi connectivity index (χ0) is 10.2.